The number of esters is 1. The first-order valence-corrected chi connectivity index (χ1v) is 5.71. The number of nitrogens with zero attached hydrogens (tertiary/aromatic N) is 1. The fraction of sp³-hybridized carbons (Fsp3) is 0.400. The Morgan fingerprint density at radius 2 is 2.31 bits per heavy atom. The van der Waals surface area contributed by atoms with Crippen molar-refractivity contribution < 1.29 is 18.3 Å². The average Bonchev–Trinajstić information content (AvgIpc) is 2.17. The first kappa shape index (κ1) is 13.3. The van der Waals surface area contributed by atoms with E-state index in [1.54, 1.807) is 29.5 Å². The second-order valence-corrected chi connectivity index (χ2v) is 3.98. The van der Waals surface area contributed by atoms with E-state index in [0.717, 1.165) is 0 Å². The third-order valence-electron chi connectivity index (χ3n) is 1.89. The van der Waals surface area contributed by atoms with Crippen molar-refractivity contribution >= 4 is 28.6 Å². The van der Waals surface area contributed by atoms with Gasteiger partial charge in [0.05, 0.1) is 18.6 Å². The Labute approximate surface area is 105 Å². The van der Waals surface area contributed by atoms with Gasteiger partial charge in [-0.3, -0.25) is 4.79 Å². The normalized spacial score (nSPS) is 10.6. The van der Waals surface area contributed by atoms with Gasteiger partial charge in [-0.2, -0.15) is 0 Å². The molecule has 0 amide bonds. The molecule has 1 rings (SSSR count). The second-order valence-electron chi connectivity index (χ2n) is 2.96. The molecule has 0 radical (unpaired) electrons. The zero-order valence-corrected chi connectivity index (χ0v) is 10.7. The van der Waals surface area contributed by atoms with Crippen LogP contribution >= 0.6 is 22.6 Å². The minimum absolute atomic E-state index is 0.147. The molecule has 3 nitrogen and oxygen atoms in total. The molecule has 0 aliphatic carbocycles. The lowest BCUT2D eigenvalue weighted by atomic mass is 10.1. The summed E-state index contributed by atoms with van der Waals surface area (Å²) < 4.78 is 30.4. The number of aromatic nitrogens is 1. The van der Waals surface area contributed by atoms with Crippen LogP contribution < -0.4 is 0 Å². The standard InChI is InChI=1S/C10H10F2INO2/c1-2-16-7(15)5-6-3-4-14-10(13)8(6)9(11)12/h3-4,9H,2,5H2,1H3. The van der Waals surface area contributed by atoms with Crippen LogP contribution in [0.4, 0.5) is 8.78 Å². The predicted octanol–water partition coefficient (Wildman–Crippen LogP) is 2.73. The van der Waals surface area contributed by atoms with Gasteiger partial charge in [0, 0.05) is 6.20 Å². The number of carbonyl (C=O) groups is 1. The molecule has 0 N–H and O–H groups in total. The SMILES string of the molecule is CCOC(=O)Cc1ccnc(I)c1C(F)F. The second kappa shape index (κ2) is 6.07. The van der Waals surface area contributed by atoms with Gasteiger partial charge in [-0.15, -0.1) is 0 Å². The molecule has 88 valence electrons. The molecule has 0 unspecified atom stereocenters. The Morgan fingerprint density at radius 1 is 1.62 bits per heavy atom. The van der Waals surface area contributed by atoms with Crippen molar-refractivity contribution in [1.29, 1.82) is 0 Å². The smallest absolute Gasteiger partial charge is 0.310 e. The average molecular weight is 341 g/mol. The maximum absolute atomic E-state index is 12.7. The van der Waals surface area contributed by atoms with Crippen LogP contribution in [0.1, 0.15) is 24.5 Å². The lowest BCUT2D eigenvalue weighted by molar-refractivity contribution is -0.142. The van der Waals surface area contributed by atoms with Crippen LogP contribution in [0.15, 0.2) is 12.3 Å². The van der Waals surface area contributed by atoms with E-state index in [2.05, 4.69) is 4.98 Å². The van der Waals surface area contributed by atoms with Gasteiger partial charge in [0.2, 0.25) is 0 Å². The van der Waals surface area contributed by atoms with Crippen molar-refractivity contribution in [3.63, 3.8) is 0 Å². The number of ether oxygens (including phenoxy) is 1. The maximum Gasteiger partial charge on any atom is 0.310 e. The number of carbonyl (C=O) groups excluding carboxylic acids is 1. The molecule has 0 saturated heterocycles. The fourth-order valence-corrected chi connectivity index (χ4v) is 1.98. The summed E-state index contributed by atoms with van der Waals surface area (Å²) in [6.45, 7) is 1.91. The minimum atomic E-state index is -2.63. The largest absolute Gasteiger partial charge is 0.466 e. The van der Waals surface area contributed by atoms with Gasteiger partial charge < -0.3 is 4.74 Å². The summed E-state index contributed by atoms with van der Waals surface area (Å²) in [5.74, 6) is -0.508. The highest BCUT2D eigenvalue weighted by atomic mass is 127. The minimum Gasteiger partial charge on any atom is -0.466 e. The summed E-state index contributed by atoms with van der Waals surface area (Å²) in [4.78, 5) is 15.0. The van der Waals surface area contributed by atoms with Crippen molar-refractivity contribution in [2.45, 2.75) is 19.8 Å². The third-order valence-corrected chi connectivity index (χ3v) is 2.75. The molecule has 16 heavy (non-hydrogen) atoms. The summed E-state index contributed by atoms with van der Waals surface area (Å²) >= 11 is 1.73. The summed E-state index contributed by atoms with van der Waals surface area (Å²) in [5.41, 5.74) is 0.0870. The predicted molar refractivity (Wildman–Crippen MR) is 62.2 cm³/mol. The van der Waals surface area contributed by atoms with Crippen molar-refractivity contribution in [3.05, 3.63) is 27.1 Å². The van der Waals surface area contributed by atoms with Gasteiger partial charge in [0.1, 0.15) is 3.70 Å². The van der Waals surface area contributed by atoms with Crippen LogP contribution in [0.25, 0.3) is 0 Å². The Balaban J connectivity index is 2.95. The zero-order valence-electron chi connectivity index (χ0n) is 8.54. The zero-order chi connectivity index (χ0) is 12.1. The topological polar surface area (TPSA) is 39.2 Å². The first-order valence-electron chi connectivity index (χ1n) is 4.63. The molecular weight excluding hydrogens is 331 g/mol. The lowest BCUT2D eigenvalue weighted by Gasteiger charge is -2.09. The number of rotatable bonds is 4. The van der Waals surface area contributed by atoms with E-state index in [9.17, 15) is 13.6 Å². The molecule has 6 heteroatoms. The van der Waals surface area contributed by atoms with Crippen LogP contribution in [0, 0.1) is 3.70 Å². The highest BCUT2D eigenvalue weighted by Crippen LogP contribution is 2.27. The van der Waals surface area contributed by atoms with E-state index >= 15 is 0 Å². The number of alkyl halides is 2. The van der Waals surface area contributed by atoms with E-state index in [4.69, 9.17) is 4.74 Å². The Kier molecular flexibility index (Phi) is 5.04. The van der Waals surface area contributed by atoms with E-state index in [0.29, 0.717) is 0 Å². The Hall–Kier alpha value is -0.790. The van der Waals surface area contributed by atoms with Crippen molar-refractivity contribution in [1.82, 2.24) is 4.98 Å². The molecule has 0 bridgehead atoms. The molecule has 0 fully saturated rings. The quantitative estimate of drug-likeness (QED) is 0.480. The van der Waals surface area contributed by atoms with Crippen LogP contribution in [-0.4, -0.2) is 17.6 Å². The fourth-order valence-electron chi connectivity index (χ4n) is 1.24. The number of hydrogen-bond donors (Lipinski definition) is 0. The van der Waals surface area contributed by atoms with Gasteiger partial charge in [-0.05, 0) is 41.1 Å². The maximum atomic E-state index is 12.7. The highest BCUT2D eigenvalue weighted by molar-refractivity contribution is 14.1. The van der Waals surface area contributed by atoms with Gasteiger partial charge in [-0.1, -0.05) is 0 Å². The molecule has 0 spiro atoms. The summed E-state index contributed by atoms with van der Waals surface area (Å²) in [7, 11) is 0. The van der Waals surface area contributed by atoms with Crippen LogP contribution in [0.3, 0.4) is 0 Å². The van der Waals surface area contributed by atoms with Crippen molar-refractivity contribution in [2.75, 3.05) is 6.61 Å². The van der Waals surface area contributed by atoms with Crippen molar-refractivity contribution in [3.8, 4) is 0 Å². The van der Waals surface area contributed by atoms with E-state index in [-0.39, 0.29) is 27.9 Å². The van der Waals surface area contributed by atoms with Crippen LogP contribution in [0.5, 0.6) is 0 Å². The molecule has 1 heterocycles. The molecule has 1 aromatic heterocycles. The Bertz CT molecular complexity index is 385. The van der Waals surface area contributed by atoms with Gasteiger partial charge in [0.25, 0.3) is 6.43 Å². The first-order chi connectivity index (χ1) is 7.56. The molecular formula is C10H10F2INO2. The monoisotopic (exact) mass is 341 g/mol. The van der Waals surface area contributed by atoms with E-state index in [1.807, 2.05) is 0 Å². The number of pyridine rings is 1. The van der Waals surface area contributed by atoms with Crippen LogP contribution in [0.2, 0.25) is 0 Å². The van der Waals surface area contributed by atoms with Gasteiger partial charge >= 0.3 is 5.97 Å². The lowest BCUT2D eigenvalue weighted by Crippen LogP contribution is -2.10. The van der Waals surface area contributed by atoms with Crippen molar-refractivity contribution in [2.24, 2.45) is 0 Å². The van der Waals surface area contributed by atoms with Gasteiger partial charge in [-0.25, -0.2) is 13.8 Å². The number of halogens is 3. The van der Waals surface area contributed by atoms with E-state index in [1.165, 1.54) is 12.3 Å². The van der Waals surface area contributed by atoms with Gasteiger partial charge in [0.15, 0.2) is 0 Å². The number of hydrogen-bond acceptors (Lipinski definition) is 3. The van der Waals surface area contributed by atoms with Crippen LogP contribution in [-0.2, 0) is 16.0 Å². The molecule has 0 saturated carbocycles. The highest BCUT2D eigenvalue weighted by Gasteiger charge is 2.19. The molecule has 0 aliphatic rings. The molecule has 1 aromatic rings. The molecule has 0 atom stereocenters. The van der Waals surface area contributed by atoms with E-state index < -0.39 is 12.4 Å². The summed E-state index contributed by atoms with van der Waals surface area (Å²) in [5, 5.41) is 0. The molecule has 0 aromatic carbocycles. The third kappa shape index (κ3) is 3.36. The summed E-state index contributed by atoms with van der Waals surface area (Å²) in [6.07, 6.45) is -1.38. The molecule has 0 aliphatic heterocycles. The summed E-state index contributed by atoms with van der Waals surface area (Å²) in [6, 6.07) is 1.42. The Morgan fingerprint density at radius 3 is 2.88 bits per heavy atom.